The Balaban J connectivity index is 1.95. The predicted octanol–water partition coefficient (Wildman–Crippen LogP) is 2.17. The van der Waals surface area contributed by atoms with E-state index in [-0.39, 0.29) is 11.8 Å². The molecule has 7 heteroatoms. The zero-order valence-electron chi connectivity index (χ0n) is 13.7. The van der Waals surface area contributed by atoms with Gasteiger partial charge in [0.15, 0.2) is 0 Å². The largest absolute Gasteiger partial charge is 0.465 e. The SMILES string of the molecule is COC(=O)c1ccc(C(=O)NCc2ccc(C(=O)N(C)C)cc2)s1. The summed E-state index contributed by atoms with van der Waals surface area (Å²) in [4.78, 5) is 37.6. The van der Waals surface area contributed by atoms with Crippen LogP contribution in [0.3, 0.4) is 0 Å². The maximum atomic E-state index is 12.1. The summed E-state index contributed by atoms with van der Waals surface area (Å²) in [6.07, 6.45) is 0. The van der Waals surface area contributed by atoms with Gasteiger partial charge in [0.05, 0.1) is 12.0 Å². The lowest BCUT2D eigenvalue weighted by atomic mass is 10.1. The lowest BCUT2D eigenvalue weighted by Crippen LogP contribution is -2.23. The average Bonchev–Trinajstić information content (AvgIpc) is 3.08. The van der Waals surface area contributed by atoms with E-state index in [0.29, 0.717) is 21.9 Å². The van der Waals surface area contributed by atoms with Gasteiger partial charge in [0.1, 0.15) is 4.88 Å². The Bertz CT molecular complexity index is 750. The van der Waals surface area contributed by atoms with E-state index in [1.807, 2.05) is 0 Å². The fraction of sp³-hybridized carbons (Fsp3) is 0.235. The third kappa shape index (κ3) is 4.20. The van der Waals surface area contributed by atoms with Crippen LogP contribution in [0.25, 0.3) is 0 Å². The first-order chi connectivity index (χ1) is 11.4. The topological polar surface area (TPSA) is 75.7 Å². The quantitative estimate of drug-likeness (QED) is 0.842. The Hall–Kier alpha value is -2.67. The highest BCUT2D eigenvalue weighted by atomic mass is 32.1. The van der Waals surface area contributed by atoms with Crippen molar-refractivity contribution in [3.05, 3.63) is 57.3 Å². The summed E-state index contributed by atoms with van der Waals surface area (Å²) in [6.45, 7) is 0.334. The van der Waals surface area contributed by atoms with Gasteiger partial charge in [-0.1, -0.05) is 12.1 Å². The summed E-state index contributed by atoms with van der Waals surface area (Å²) < 4.78 is 4.61. The molecular weight excluding hydrogens is 328 g/mol. The summed E-state index contributed by atoms with van der Waals surface area (Å²) in [5.41, 5.74) is 1.47. The number of nitrogens with zero attached hydrogens (tertiary/aromatic N) is 1. The van der Waals surface area contributed by atoms with E-state index >= 15 is 0 Å². The summed E-state index contributed by atoms with van der Waals surface area (Å²) in [7, 11) is 4.69. The molecule has 24 heavy (non-hydrogen) atoms. The molecule has 2 aromatic rings. The molecule has 0 bridgehead atoms. The Morgan fingerprint density at radius 1 is 1.04 bits per heavy atom. The van der Waals surface area contributed by atoms with Gasteiger partial charge >= 0.3 is 5.97 Å². The molecule has 0 aliphatic heterocycles. The predicted molar refractivity (Wildman–Crippen MR) is 91.3 cm³/mol. The fourth-order valence-corrected chi connectivity index (χ4v) is 2.80. The smallest absolute Gasteiger partial charge is 0.348 e. The van der Waals surface area contributed by atoms with Crippen LogP contribution in [-0.4, -0.2) is 43.9 Å². The number of hydrogen-bond donors (Lipinski definition) is 1. The van der Waals surface area contributed by atoms with E-state index in [1.165, 1.54) is 12.0 Å². The molecule has 0 unspecified atom stereocenters. The molecule has 2 amide bonds. The minimum Gasteiger partial charge on any atom is -0.465 e. The maximum Gasteiger partial charge on any atom is 0.348 e. The highest BCUT2D eigenvalue weighted by Gasteiger charge is 2.14. The number of rotatable bonds is 5. The molecule has 0 radical (unpaired) electrons. The molecule has 1 N–H and O–H groups in total. The van der Waals surface area contributed by atoms with Gasteiger partial charge in [0, 0.05) is 26.2 Å². The van der Waals surface area contributed by atoms with Gasteiger partial charge in [0.25, 0.3) is 11.8 Å². The molecule has 0 aliphatic rings. The second-order valence-corrected chi connectivity index (χ2v) is 6.32. The number of carbonyl (C=O) groups excluding carboxylic acids is 3. The number of esters is 1. The van der Waals surface area contributed by atoms with Gasteiger partial charge in [-0.2, -0.15) is 0 Å². The number of benzene rings is 1. The summed E-state index contributed by atoms with van der Waals surface area (Å²) in [5.74, 6) is -0.789. The van der Waals surface area contributed by atoms with Gasteiger partial charge in [0.2, 0.25) is 0 Å². The number of ether oxygens (including phenoxy) is 1. The van der Waals surface area contributed by atoms with E-state index in [1.54, 1.807) is 50.5 Å². The van der Waals surface area contributed by atoms with E-state index in [9.17, 15) is 14.4 Å². The number of methoxy groups -OCH3 is 1. The van der Waals surface area contributed by atoms with Crippen molar-refractivity contribution >= 4 is 29.1 Å². The van der Waals surface area contributed by atoms with Gasteiger partial charge in [-0.05, 0) is 29.8 Å². The lowest BCUT2D eigenvalue weighted by Gasteiger charge is -2.10. The summed E-state index contributed by atoms with van der Waals surface area (Å²) in [6, 6.07) is 10.2. The minimum absolute atomic E-state index is 0.0699. The highest BCUT2D eigenvalue weighted by molar-refractivity contribution is 7.15. The first-order valence-corrected chi connectivity index (χ1v) is 8.01. The maximum absolute atomic E-state index is 12.1. The molecule has 1 aromatic heterocycles. The molecule has 0 spiro atoms. The minimum atomic E-state index is -0.458. The molecule has 1 aromatic carbocycles. The molecule has 1 heterocycles. The number of carbonyl (C=O) groups is 3. The average molecular weight is 346 g/mol. The second-order valence-electron chi connectivity index (χ2n) is 5.23. The molecule has 0 saturated heterocycles. The normalized spacial score (nSPS) is 10.1. The van der Waals surface area contributed by atoms with Gasteiger partial charge < -0.3 is 15.0 Å². The van der Waals surface area contributed by atoms with Crippen molar-refractivity contribution < 1.29 is 19.1 Å². The van der Waals surface area contributed by atoms with Gasteiger partial charge in [-0.25, -0.2) is 4.79 Å². The van der Waals surface area contributed by atoms with Crippen molar-refractivity contribution in [1.29, 1.82) is 0 Å². The van der Waals surface area contributed by atoms with Crippen LogP contribution in [-0.2, 0) is 11.3 Å². The van der Waals surface area contributed by atoms with Crippen LogP contribution in [0.1, 0.15) is 35.3 Å². The molecule has 0 aliphatic carbocycles. The number of hydrogen-bond acceptors (Lipinski definition) is 5. The number of amides is 2. The zero-order valence-corrected chi connectivity index (χ0v) is 14.5. The van der Waals surface area contributed by atoms with Gasteiger partial charge in [-0.15, -0.1) is 11.3 Å². The van der Waals surface area contributed by atoms with Crippen molar-refractivity contribution in [3.63, 3.8) is 0 Å². The monoisotopic (exact) mass is 346 g/mol. The van der Waals surface area contributed by atoms with E-state index in [0.717, 1.165) is 16.9 Å². The van der Waals surface area contributed by atoms with Crippen LogP contribution in [0.4, 0.5) is 0 Å². The number of nitrogens with one attached hydrogen (secondary N) is 1. The molecule has 0 saturated carbocycles. The standard InChI is InChI=1S/C17H18N2O4S/c1-19(2)16(21)12-6-4-11(5-7-12)10-18-15(20)13-8-9-14(24-13)17(22)23-3/h4-9H,10H2,1-3H3,(H,18,20). The molecule has 6 nitrogen and oxygen atoms in total. The van der Waals surface area contributed by atoms with Crippen LogP contribution < -0.4 is 5.32 Å². The Morgan fingerprint density at radius 2 is 1.67 bits per heavy atom. The van der Waals surface area contributed by atoms with Crippen LogP contribution in [0.2, 0.25) is 0 Å². The van der Waals surface area contributed by atoms with Crippen LogP contribution in [0.15, 0.2) is 36.4 Å². The second kappa shape index (κ2) is 7.74. The van der Waals surface area contributed by atoms with Gasteiger partial charge in [-0.3, -0.25) is 9.59 Å². The molecule has 0 atom stereocenters. The van der Waals surface area contributed by atoms with E-state index in [2.05, 4.69) is 10.1 Å². The van der Waals surface area contributed by atoms with Crippen LogP contribution >= 0.6 is 11.3 Å². The van der Waals surface area contributed by atoms with Crippen molar-refractivity contribution in [3.8, 4) is 0 Å². The molecule has 126 valence electrons. The van der Waals surface area contributed by atoms with Crippen LogP contribution in [0, 0.1) is 0 Å². The van der Waals surface area contributed by atoms with Crippen molar-refractivity contribution in [1.82, 2.24) is 10.2 Å². The van der Waals surface area contributed by atoms with E-state index in [4.69, 9.17) is 0 Å². The van der Waals surface area contributed by atoms with E-state index < -0.39 is 5.97 Å². The third-order valence-electron chi connectivity index (χ3n) is 3.28. The zero-order chi connectivity index (χ0) is 17.7. The first kappa shape index (κ1) is 17.7. The van der Waals surface area contributed by atoms with Crippen LogP contribution in [0.5, 0.6) is 0 Å². The van der Waals surface area contributed by atoms with Crippen molar-refractivity contribution in [2.24, 2.45) is 0 Å². The lowest BCUT2D eigenvalue weighted by molar-refractivity contribution is 0.0606. The third-order valence-corrected chi connectivity index (χ3v) is 4.34. The first-order valence-electron chi connectivity index (χ1n) is 7.19. The summed E-state index contributed by atoms with van der Waals surface area (Å²) in [5, 5.41) is 2.78. The Kier molecular flexibility index (Phi) is 5.70. The fourth-order valence-electron chi connectivity index (χ4n) is 1.96. The Labute approximate surface area is 144 Å². The number of thiophene rings is 1. The Morgan fingerprint density at radius 3 is 2.25 bits per heavy atom. The summed E-state index contributed by atoms with van der Waals surface area (Å²) >= 11 is 1.08. The molecule has 0 fully saturated rings. The highest BCUT2D eigenvalue weighted by Crippen LogP contribution is 2.17. The van der Waals surface area contributed by atoms with Crippen molar-refractivity contribution in [2.75, 3.05) is 21.2 Å². The molecular formula is C17H18N2O4S. The molecule has 2 rings (SSSR count). The van der Waals surface area contributed by atoms with Crippen molar-refractivity contribution in [2.45, 2.75) is 6.54 Å².